The molecule has 2 rings (SSSR count). The first-order valence-electron chi connectivity index (χ1n) is 6.20. The normalized spacial score (nSPS) is 13.2. The smallest absolute Gasteiger partial charge is 0.138 e. The van der Waals surface area contributed by atoms with Crippen molar-refractivity contribution in [1.29, 1.82) is 0 Å². The van der Waals surface area contributed by atoms with Gasteiger partial charge in [0.25, 0.3) is 0 Å². The van der Waals surface area contributed by atoms with Gasteiger partial charge in [0, 0.05) is 19.0 Å². The summed E-state index contributed by atoms with van der Waals surface area (Å²) in [6.45, 7) is 6.90. The third-order valence-electron chi connectivity index (χ3n) is 2.94. The van der Waals surface area contributed by atoms with Crippen LogP contribution in [0.3, 0.4) is 0 Å². The Morgan fingerprint density at radius 2 is 2.17 bits per heavy atom. The van der Waals surface area contributed by atoms with E-state index < -0.39 is 6.10 Å². The van der Waals surface area contributed by atoms with E-state index in [1.807, 2.05) is 30.0 Å². The zero-order valence-electron chi connectivity index (χ0n) is 11.0. The van der Waals surface area contributed by atoms with Crippen LogP contribution in [-0.2, 0) is 13.0 Å². The van der Waals surface area contributed by atoms with E-state index >= 15 is 0 Å². The summed E-state index contributed by atoms with van der Waals surface area (Å²) in [4.78, 5) is 8.27. The minimum Gasteiger partial charge on any atom is -0.386 e. The standard InChI is InChI=1S/C12H19N5O/c1-4-16-8-13-6-10(16)11(18)5-12-14-7-15-17(12)9(2)3/h6-9,11,18H,4-5H2,1-3H3. The van der Waals surface area contributed by atoms with Gasteiger partial charge in [-0.3, -0.25) is 0 Å². The molecule has 1 atom stereocenters. The molecule has 0 aliphatic heterocycles. The second kappa shape index (κ2) is 5.30. The summed E-state index contributed by atoms with van der Waals surface area (Å²) in [6, 6.07) is 0.241. The van der Waals surface area contributed by atoms with E-state index in [-0.39, 0.29) is 6.04 Å². The highest BCUT2D eigenvalue weighted by molar-refractivity contribution is 5.05. The maximum atomic E-state index is 10.3. The Balaban J connectivity index is 2.16. The van der Waals surface area contributed by atoms with E-state index in [0.29, 0.717) is 6.42 Å². The summed E-state index contributed by atoms with van der Waals surface area (Å²) in [5, 5.41) is 14.4. The number of hydrogen-bond donors (Lipinski definition) is 1. The molecule has 0 fully saturated rings. The van der Waals surface area contributed by atoms with Crippen molar-refractivity contribution in [3.63, 3.8) is 0 Å². The highest BCUT2D eigenvalue weighted by Gasteiger charge is 2.17. The molecule has 2 heterocycles. The molecular formula is C12H19N5O. The van der Waals surface area contributed by atoms with E-state index in [2.05, 4.69) is 15.1 Å². The Morgan fingerprint density at radius 1 is 1.39 bits per heavy atom. The van der Waals surface area contributed by atoms with Gasteiger partial charge >= 0.3 is 0 Å². The van der Waals surface area contributed by atoms with Crippen molar-refractivity contribution in [1.82, 2.24) is 24.3 Å². The molecule has 0 spiro atoms. The predicted molar refractivity (Wildman–Crippen MR) is 67.0 cm³/mol. The summed E-state index contributed by atoms with van der Waals surface area (Å²) in [5.41, 5.74) is 0.816. The molecule has 2 aromatic heterocycles. The SMILES string of the molecule is CCn1cncc1C(O)Cc1ncnn1C(C)C. The van der Waals surface area contributed by atoms with Crippen molar-refractivity contribution in [2.45, 2.75) is 45.9 Å². The molecule has 1 N–H and O–H groups in total. The third-order valence-corrected chi connectivity index (χ3v) is 2.94. The van der Waals surface area contributed by atoms with Crippen LogP contribution in [0.4, 0.5) is 0 Å². The van der Waals surface area contributed by atoms with Crippen molar-refractivity contribution < 1.29 is 5.11 Å². The van der Waals surface area contributed by atoms with Gasteiger partial charge in [0.05, 0.1) is 18.2 Å². The summed E-state index contributed by atoms with van der Waals surface area (Å²) < 4.78 is 3.76. The number of rotatable bonds is 5. The lowest BCUT2D eigenvalue weighted by Gasteiger charge is -2.14. The number of nitrogens with zero attached hydrogens (tertiary/aromatic N) is 5. The van der Waals surface area contributed by atoms with Crippen LogP contribution in [0, 0.1) is 0 Å². The lowest BCUT2D eigenvalue weighted by molar-refractivity contribution is 0.164. The number of aryl methyl sites for hydroxylation is 1. The monoisotopic (exact) mass is 249 g/mol. The molecule has 0 aliphatic carbocycles. The molecule has 0 aliphatic rings. The first-order chi connectivity index (χ1) is 8.63. The molecule has 1 unspecified atom stereocenters. The fraction of sp³-hybridized carbons (Fsp3) is 0.583. The van der Waals surface area contributed by atoms with E-state index in [9.17, 15) is 5.11 Å². The highest BCUT2D eigenvalue weighted by Crippen LogP contribution is 2.18. The van der Waals surface area contributed by atoms with E-state index in [0.717, 1.165) is 18.1 Å². The molecule has 98 valence electrons. The molecular weight excluding hydrogens is 230 g/mol. The molecule has 18 heavy (non-hydrogen) atoms. The first kappa shape index (κ1) is 12.8. The summed E-state index contributed by atoms with van der Waals surface area (Å²) >= 11 is 0. The quantitative estimate of drug-likeness (QED) is 0.868. The Labute approximate surface area is 106 Å². The molecule has 2 aromatic rings. The number of imidazole rings is 1. The van der Waals surface area contributed by atoms with Gasteiger partial charge in [-0.05, 0) is 20.8 Å². The van der Waals surface area contributed by atoms with Crippen LogP contribution in [0.2, 0.25) is 0 Å². The second-order valence-electron chi connectivity index (χ2n) is 4.54. The van der Waals surface area contributed by atoms with E-state index in [1.165, 1.54) is 6.33 Å². The van der Waals surface area contributed by atoms with Crippen LogP contribution in [0.5, 0.6) is 0 Å². The van der Waals surface area contributed by atoms with Crippen LogP contribution >= 0.6 is 0 Å². The van der Waals surface area contributed by atoms with Gasteiger partial charge in [-0.2, -0.15) is 5.10 Å². The lowest BCUT2D eigenvalue weighted by atomic mass is 10.2. The average molecular weight is 249 g/mol. The van der Waals surface area contributed by atoms with Crippen molar-refractivity contribution >= 4 is 0 Å². The maximum absolute atomic E-state index is 10.3. The first-order valence-corrected chi connectivity index (χ1v) is 6.20. The minimum atomic E-state index is -0.603. The van der Waals surface area contributed by atoms with Crippen molar-refractivity contribution in [2.75, 3.05) is 0 Å². The van der Waals surface area contributed by atoms with Crippen LogP contribution in [0.25, 0.3) is 0 Å². The van der Waals surface area contributed by atoms with Crippen molar-refractivity contribution in [2.24, 2.45) is 0 Å². The average Bonchev–Trinajstić information content (AvgIpc) is 2.96. The van der Waals surface area contributed by atoms with Crippen LogP contribution in [0.1, 0.15) is 44.4 Å². The van der Waals surface area contributed by atoms with Gasteiger partial charge in [-0.1, -0.05) is 0 Å². The van der Waals surface area contributed by atoms with E-state index in [4.69, 9.17) is 0 Å². The molecule has 0 radical (unpaired) electrons. The Bertz CT molecular complexity index is 502. The number of aliphatic hydroxyl groups excluding tert-OH is 1. The van der Waals surface area contributed by atoms with Crippen LogP contribution in [-0.4, -0.2) is 29.4 Å². The second-order valence-corrected chi connectivity index (χ2v) is 4.54. The van der Waals surface area contributed by atoms with Crippen LogP contribution < -0.4 is 0 Å². The number of aliphatic hydroxyl groups is 1. The molecule has 6 nitrogen and oxygen atoms in total. The topological polar surface area (TPSA) is 68.8 Å². The summed E-state index contributed by atoms with van der Waals surface area (Å²) in [7, 11) is 0. The predicted octanol–water partition coefficient (Wildman–Crippen LogP) is 1.35. The molecule has 0 amide bonds. The number of hydrogen-bond acceptors (Lipinski definition) is 4. The fourth-order valence-corrected chi connectivity index (χ4v) is 2.00. The molecule has 0 saturated heterocycles. The summed E-state index contributed by atoms with van der Waals surface area (Å²) in [5.74, 6) is 0.793. The Morgan fingerprint density at radius 3 is 2.83 bits per heavy atom. The molecule has 0 bridgehead atoms. The minimum absolute atomic E-state index is 0.241. The van der Waals surface area contributed by atoms with Crippen molar-refractivity contribution in [3.8, 4) is 0 Å². The molecule has 0 saturated carbocycles. The Kier molecular flexibility index (Phi) is 3.76. The maximum Gasteiger partial charge on any atom is 0.138 e. The zero-order valence-corrected chi connectivity index (χ0v) is 11.0. The van der Waals surface area contributed by atoms with Crippen LogP contribution in [0.15, 0.2) is 18.9 Å². The van der Waals surface area contributed by atoms with Gasteiger partial charge in [-0.25, -0.2) is 14.6 Å². The fourth-order valence-electron chi connectivity index (χ4n) is 2.00. The summed E-state index contributed by atoms with van der Waals surface area (Å²) in [6.07, 6.45) is 4.80. The largest absolute Gasteiger partial charge is 0.386 e. The molecule has 6 heteroatoms. The van der Waals surface area contributed by atoms with E-state index in [1.54, 1.807) is 12.5 Å². The third kappa shape index (κ3) is 2.43. The van der Waals surface area contributed by atoms with Gasteiger partial charge in [0.2, 0.25) is 0 Å². The number of aromatic nitrogens is 5. The van der Waals surface area contributed by atoms with Gasteiger partial charge in [0.1, 0.15) is 18.3 Å². The van der Waals surface area contributed by atoms with Gasteiger partial charge in [-0.15, -0.1) is 0 Å². The zero-order chi connectivity index (χ0) is 13.1. The van der Waals surface area contributed by atoms with Gasteiger partial charge < -0.3 is 9.67 Å². The van der Waals surface area contributed by atoms with Gasteiger partial charge in [0.15, 0.2) is 0 Å². The molecule has 0 aromatic carbocycles. The van der Waals surface area contributed by atoms with Crippen molar-refractivity contribution in [3.05, 3.63) is 30.4 Å². The highest BCUT2D eigenvalue weighted by atomic mass is 16.3. The lowest BCUT2D eigenvalue weighted by Crippen LogP contribution is -2.14. The Hall–Kier alpha value is -1.69.